The van der Waals surface area contributed by atoms with Gasteiger partial charge in [0.15, 0.2) is 5.78 Å². The predicted molar refractivity (Wildman–Crippen MR) is 120 cm³/mol. The Kier molecular flexibility index (Phi) is 7.27. The molecule has 0 spiro atoms. The molecule has 1 unspecified atom stereocenters. The lowest BCUT2D eigenvalue weighted by Crippen LogP contribution is -2.15. The molecule has 29 heavy (non-hydrogen) atoms. The molecule has 0 heterocycles. The molecule has 0 bridgehead atoms. The molecule has 5 heteroatoms. The summed E-state index contributed by atoms with van der Waals surface area (Å²) in [6.07, 6.45) is 0. The Morgan fingerprint density at radius 1 is 0.793 bits per heavy atom. The van der Waals surface area contributed by atoms with Gasteiger partial charge in [-0.05, 0) is 49.6 Å². The van der Waals surface area contributed by atoms with Crippen LogP contribution in [0.1, 0.15) is 30.8 Å². The molecule has 1 atom stereocenters. The number of rotatable bonds is 9. The molecule has 4 nitrogen and oxygen atoms in total. The first kappa shape index (κ1) is 21.3. The first-order valence-corrected chi connectivity index (χ1v) is 11.5. The van der Waals surface area contributed by atoms with Crippen LogP contribution in [0.5, 0.6) is 0 Å². The zero-order valence-corrected chi connectivity index (χ0v) is 18.1. The number of nitrogens with one attached hydrogen (secondary N) is 1. The van der Waals surface area contributed by atoms with Crippen molar-refractivity contribution in [2.75, 3.05) is 18.5 Å². The largest absolute Gasteiger partial charge is 0.368 e. The summed E-state index contributed by atoms with van der Waals surface area (Å²) in [7, 11) is -3.43. The van der Waals surface area contributed by atoms with Crippen molar-refractivity contribution in [1.29, 1.82) is 0 Å². The maximum Gasteiger partial charge on any atom is 0.357 e. The van der Waals surface area contributed by atoms with Gasteiger partial charge < -0.3 is 14.4 Å². The third kappa shape index (κ3) is 5.36. The Hall–Kier alpha value is -2.39. The van der Waals surface area contributed by atoms with Gasteiger partial charge in [-0.1, -0.05) is 72.3 Å². The molecule has 0 amide bonds. The highest BCUT2D eigenvalue weighted by Gasteiger charge is 2.37. The number of anilines is 1. The highest BCUT2D eigenvalue weighted by Crippen LogP contribution is 2.60. The summed E-state index contributed by atoms with van der Waals surface area (Å²) in [5.74, 6) is -0.602. The molecule has 3 aromatic carbocycles. The summed E-state index contributed by atoms with van der Waals surface area (Å²) in [4.78, 5) is 0. The second-order valence-electron chi connectivity index (χ2n) is 6.78. The molecule has 3 aromatic rings. The molecule has 152 valence electrons. The van der Waals surface area contributed by atoms with Crippen LogP contribution in [0.4, 0.5) is 5.69 Å². The van der Waals surface area contributed by atoms with Gasteiger partial charge in [0.1, 0.15) is 0 Å². The highest BCUT2D eigenvalue weighted by atomic mass is 31.2. The molecule has 0 saturated heterocycles. The average Bonchev–Trinajstić information content (AvgIpc) is 2.74. The third-order valence-electron chi connectivity index (χ3n) is 4.62. The summed E-state index contributed by atoms with van der Waals surface area (Å²) >= 11 is 0. The fraction of sp³-hybridized carbons (Fsp3) is 0.250. The maximum absolute atomic E-state index is 13.6. The molecule has 0 aliphatic carbocycles. The molecule has 0 aromatic heterocycles. The lowest BCUT2D eigenvalue weighted by Gasteiger charge is -2.28. The SMILES string of the molecule is CCOP(=O)(OCC)C(Nc1ccc(C)cc1)c1ccc(-c2ccccc2)cc1. The van der Waals surface area contributed by atoms with Crippen LogP contribution in [0.15, 0.2) is 78.9 Å². The van der Waals surface area contributed by atoms with Crippen molar-refractivity contribution in [3.63, 3.8) is 0 Å². The van der Waals surface area contributed by atoms with E-state index >= 15 is 0 Å². The number of aryl methyl sites for hydroxylation is 1. The number of hydrogen-bond acceptors (Lipinski definition) is 4. The van der Waals surface area contributed by atoms with E-state index in [-0.39, 0.29) is 0 Å². The van der Waals surface area contributed by atoms with Gasteiger partial charge in [-0.3, -0.25) is 4.57 Å². The average molecular weight is 409 g/mol. The summed E-state index contributed by atoms with van der Waals surface area (Å²) in [5, 5.41) is 3.38. The molecule has 0 fully saturated rings. The first-order valence-electron chi connectivity index (χ1n) is 9.93. The highest BCUT2D eigenvalue weighted by molar-refractivity contribution is 7.54. The maximum atomic E-state index is 13.6. The number of benzene rings is 3. The molecule has 0 radical (unpaired) electrons. The van der Waals surface area contributed by atoms with Crippen molar-refractivity contribution in [2.24, 2.45) is 0 Å². The predicted octanol–water partition coefficient (Wildman–Crippen LogP) is 7.04. The Morgan fingerprint density at radius 2 is 1.34 bits per heavy atom. The van der Waals surface area contributed by atoms with Crippen LogP contribution in [-0.4, -0.2) is 13.2 Å². The first-order chi connectivity index (χ1) is 14.1. The fourth-order valence-electron chi connectivity index (χ4n) is 3.19. The van der Waals surface area contributed by atoms with Crippen LogP contribution in [0.3, 0.4) is 0 Å². The van der Waals surface area contributed by atoms with E-state index in [1.54, 1.807) is 0 Å². The normalized spacial score (nSPS) is 12.5. The fourth-order valence-corrected chi connectivity index (χ4v) is 5.12. The second kappa shape index (κ2) is 9.89. The van der Waals surface area contributed by atoms with E-state index in [1.807, 2.05) is 87.5 Å². The van der Waals surface area contributed by atoms with E-state index in [1.165, 1.54) is 0 Å². The quantitative estimate of drug-likeness (QED) is 0.385. The van der Waals surface area contributed by atoms with Gasteiger partial charge in [0.05, 0.1) is 13.2 Å². The zero-order valence-electron chi connectivity index (χ0n) is 17.2. The molecular formula is C24H28NO3P. The second-order valence-corrected chi connectivity index (χ2v) is 8.89. The minimum absolute atomic E-state index is 0.311. The Bertz CT molecular complexity index is 930. The van der Waals surface area contributed by atoms with E-state index in [0.29, 0.717) is 13.2 Å². The van der Waals surface area contributed by atoms with E-state index < -0.39 is 13.4 Å². The van der Waals surface area contributed by atoms with Crippen molar-refractivity contribution in [3.05, 3.63) is 90.0 Å². The standard InChI is InChI=1S/C24H28NO3P/c1-4-27-29(26,28-5-2)24(25-23-17-11-19(3)12-18-23)22-15-13-21(14-16-22)20-9-7-6-8-10-20/h6-18,24-25H,4-5H2,1-3H3. The minimum atomic E-state index is -3.43. The van der Waals surface area contributed by atoms with Gasteiger partial charge in [-0.15, -0.1) is 0 Å². The van der Waals surface area contributed by atoms with Crippen LogP contribution in [-0.2, 0) is 13.6 Å². The van der Waals surface area contributed by atoms with Crippen molar-refractivity contribution in [3.8, 4) is 11.1 Å². The van der Waals surface area contributed by atoms with Crippen LogP contribution < -0.4 is 5.32 Å². The topological polar surface area (TPSA) is 47.6 Å². The summed E-state index contributed by atoms with van der Waals surface area (Å²) in [6, 6.07) is 26.2. The molecule has 3 rings (SSSR count). The third-order valence-corrected chi connectivity index (χ3v) is 6.92. The van der Waals surface area contributed by atoms with E-state index in [9.17, 15) is 4.57 Å². The van der Waals surface area contributed by atoms with Gasteiger partial charge in [-0.25, -0.2) is 0 Å². The van der Waals surface area contributed by atoms with Gasteiger partial charge in [0.2, 0.25) is 0 Å². The van der Waals surface area contributed by atoms with Crippen LogP contribution in [0.25, 0.3) is 11.1 Å². The van der Waals surface area contributed by atoms with Crippen molar-refractivity contribution in [2.45, 2.75) is 26.6 Å². The van der Waals surface area contributed by atoms with Gasteiger partial charge in [0, 0.05) is 5.69 Å². The van der Waals surface area contributed by atoms with Gasteiger partial charge in [-0.2, -0.15) is 0 Å². The van der Waals surface area contributed by atoms with Crippen molar-refractivity contribution in [1.82, 2.24) is 0 Å². The molecule has 1 N–H and O–H groups in total. The Labute approximate surface area is 173 Å². The monoisotopic (exact) mass is 409 g/mol. The number of hydrogen-bond donors (Lipinski definition) is 1. The van der Waals surface area contributed by atoms with E-state index in [0.717, 1.165) is 27.9 Å². The zero-order chi connectivity index (χ0) is 20.7. The van der Waals surface area contributed by atoms with E-state index in [2.05, 4.69) is 17.4 Å². The van der Waals surface area contributed by atoms with E-state index in [4.69, 9.17) is 9.05 Å². The van der Waals surface area contributed by atoms with Crippen LogP contribution >= 0.6 is 7.60 Å². The lowest BCUT2D eigenvalue weighted by atomic mass is 10.0. The van der Waals surface area contributed by atoms with Gasteiger partial charge >= 0.3 is 7.60 Å². The Morgan fingerprint density at radius 3 is 1.90 bits per heavy atom. The summed E-state index contributed by atoms with van der Waals surface area (Å²) in [5.41, 5.74) is 5.13. The van der Waals surface area contributed by atoms with Crippen LogP contribution in [0.2, 0.25) is 0 Å². The molecule has 0 saturated carbocycles. The van der Waals surface area contributed by atoms with Crippen molar-refractivity contribution >= 4 is 13.3 Å². The van der Waals surface area contributed by atoms with Crippen LogP contribution in [0, 0.1) is 6.92 Å². The minimum Gasteiger partial charge on any atom is -0.368 e. The molecule has 0 aliphatic heterocycles. The summed E-state index contributed by atoms with van der Waals surface area (Å²) < 4.78 is 25.0. The lowest BCUT2D eigenvalue weighted by molar-refractivity contribution is 0.214. The Balaban J connectivity index is 1.97. The molecule has 0 aliphatic rings. The van der Waals surface area contributed by atoms with Gasteiger partial charge in [0.25, 0.3) is 0 Å². The summed E-state index contributed by atoms with van der Waals surface area (Å²) in [6.45, 7) is 6.31. The molecular weight excluding hydrogens is 381 g/mol. The smallest absolute Gasteiger partial charge is 0.357 e. The van der Waals surface area contributed by atoms with Crippen molar-refractivity contribution < 1.29 is 13.6 Å².